The molecular formula is C18H21NO6. The van der Waals surface area contributed by atoms with Gasteiger partial charge in [0.05, 0.1) is 20.8 Å². The van der Waals surface area contributed by atoms with Gasteiger partial charge >= 0.3 is 5.97 Å². The van der Waals surface area contributed by atoms with E-state index in [2.05, 4.69) is 0 Å². The van der Waals surface area contributed by atoms with Crippen LogP contribution in [0.1, 0.15) is 11.1 Å². The van der Waals surface area contributed by atoms with Gasteiger partial charge in [0.15, 0.2) is 0 Å². The number of methoxy groups -OCH3 is 2. The first-order valence-electron chi connectivity index (χ1n) is 7.59. The van der Waals surface area contributed by atoms with Crippen molar-refractivity contribution in [3.05, 3.63) is 47.5 Å². The molecule has 0 unspecified atom stereocenters. The maximum atomic E-state index is 11.2. The lowest BCUT2D eigenvalue weighted by Crippen LogP contribution is -2.29. The van der Waals surface area contributed by atoms with Gasteiger partial charge < -0.3 is 24.8 Å². The van der Waals surface area contributed by atoms with Crippen LogP contribution in [0.5, 0.6) is 23.0 Å². The molecule has 0 radical (unpaired) electrons. The lowest BCUT2D eigenvalue weighted by molar-refractivity contribution is -0.138. The first-order valence-corrected chi connectivity index (χ1v) is 7.59. The van der Waals surface area contributed by atoms with Gasteiger partial charge in [-0.1, -0.05) is 12.1 Å². The molecule has 0 atom stereocenters. The molecule has 7 nitrogen and oxygen atoms in total. The number of ether oxygens (including phenoxy) is 2. The Morgan fingerprint density at radius 1 is 0.920 bits per heavy atom. The largest absolute Gasteiger partial charge is 0.507 e. The Morgan fingerprint density at radius 2 is 1.36 bits per heavy atom. The molecule has 0 saturated carbocycles. The van der Waals surface area contributed by atoms with Gasteiger partial charge in [0, 0.05) is 36.3 Å². The van der Waals surface area contributed by atoms with Crippen LogP contribution < -0.4 is 9.47 Å². The van der Waals surface area contributed by atoms with Gasteiger partial charge in [0.2, 0.25) is 0 Å². The van der Waals surface area contributed by atoms with Crippen LogP contribution in [-0.2, 0) is 17.9 Å². The predicted molar refractivity (Wildman–Crippen MR) is 91.1 cm³/mol. The summed E-state index contributed by atoms with van der Waals surface area (Å²) in [5.41, 5.74) is 1.13. The summed E-state index contributed by atoms with van der Waals surface area (Å²) in [4.78, 5) is 12.8. The molecule has 0 saturated heterocycles. The third-order valence-electron chi connectivity index (χ3n) is 3.73. The molecule has 2 rings (SSSR count). The summed E-state index contributed by atoms with van der Waals surface area (Å²) in [5, 5.41) is 29.3. The number of nitrogens with zero attached hydrogens (tertiary/aromatic N) is 1. The molecular weight excluding hydrogens is 326 g/mol. The Bertz CT molecular complexity index is 691. The Balaban J connectivity index is 2.20. The van der Waals surface area contributed by atoms with Gasteiger partial charge in [0.25, 0.3) is 0 Å². The van der Waals surface area contributed by atoms with E-state index in [1.54, 1.807) is 29.2 Å². The molecule has 0 aliphatic heterocycles. The number of rotatable bonds is 8. The fraction of sp³-hybridized carbons (Fsp3) is 0.278. The van der Waals surface area contributed by atoms with E-state index < -0.39 is 5.97 Å². The molecule has 2 aromatic rings. The van der Waals surface area contributed by atoms with Gasteiger partial charge in [0.1, 0.15) is 23.0 Å². The van der Waals surface area contributed by atoms with E-state index in [1.807, 2.05) is 0 Å². The van der Waals surface area contributed by atoms with Crippen molar-refractivity contribution in [3.63, 3.8) is 0 Å². The van der Waals surface area contributed by atoms with Crippen molar-refractivity contribution in [2.75, 3.05) is 20.8 Å². The molecule has 2 aromatic carbocycles. The second kappa shape index (κ2) is 8.25. The number of carbonyl (C=O) groups is 1. The maximum Gasteiger partial charge on any atom is 0.317 e. The molecule has 3 N–H and O–H groups in total. The summed E-state index contributed by atoms with van der Waals surface area (Å²) in [5.74, 6) is 0.0704. The lowest BCUT2D eigenvalue weighted by atomic mass is 10.1. The zero-order chi connectivity index (χ0) is 18.4. The number of aliphatic carboxylic acids is 1. The number of aromatic hydroxyl groups is 2. The Morgan fingerprint density at radius 3 is 1.68 bits per heavy atom. The summed E-state index contributed by atoms with van der Waals surface area (Å²) in [7, 11) is 3.00. The van der Waals surface area contributed by atoms with Crippen LogP contribution in [-0.4, -0.2) is 47.0 Å². The van der Waals surface area contributed by atoms with Crippen molar-refractivity contribution >= 4 is 5.97 Å². The van der Waals surface area contributed by atoms with Crippen LogP contribution in [0.25, 0.3) is 0 Å². The average Bonchev–Trinajstić information content (AvgIpc) is 2.57. The molecule has 0 aliphatic rings. The first-order chi connectivity index (χ1) is 11.9. The normalized spacial score (nSPS) is 10.7. The summed E-state index contributed by atoms with van der Waals surface area (Å²) in [6, 6.07) is 9.68. The molecule has 7 heteroatoms. The third-order valence-corrected chi connectivity index (χ3v) is 3.73. The number of hydrogen-bond acceptors (Lipinski definition) is 6. The highest BCUT2D eigenvalue weighted by Gasteiger charge is 2.16. The van der Waals surface area contributed by atoms with Gasteiger partial charge in [-0.2, -0.15) is 0 Å². The lowest BCUT2D eigenvalue weighted by Gasteiger charge is -2.22. The van der Waals surface area contributed by atoms with E-state index in [4.69, 9.17) is 14.6 Å². The number of carboxylic acid groups (broad SMARTS) is 1. The monoisotopic (exact) mass is 347 g/mol. The van der Waals surface area contributed by atoms with Crippen molar-refractivity contribution < 1.29 is 29.6 Å². The van der Waals surface area contributed by atoms with E-state index in [-0.39, 0.29) is 31.1 Å². The molecule has 134 valence electrons. The fourth-order valence-electron chi connectivity index (χ4n) is 2.45. The summed E-state index contributed by atoms with van der Waals surface area (Å²) in [6.07, 6.45) is 0. The predicted octanol–water partition coefficient (Wildman–Crippen LogP) is 2.20. The summed E-state index contributed by atoms with van der Waals surface area (Å²) in [6.45, 7) is 0.165. The highest BCUT2D eigenvalue weighted by atomic mass is 16.5. The topological polar surface area (TPSA) is 99.5 Å². The summed E-state index contributed by atoms with van der Waals surface area (Å²) < 4.78 is 10.1. The zero-order valence-electron chi connectivity index (χ0n) is 14.1. The SMILES string of the molecule is COc1ccc(CN(CC(=O)O)Cc2ccc(OC)cc2O)c(O)c1. The zero-order valence-corrected chi connectivity index (χ0v) is 14.1. The van der Waals surface area contributed by atoms with E-state index >= 15 is 0 Å². The molecule has 0 fully saturated rings. The maximum absolute atomic E-state index is 11.2. The van der Waals surface area contributed by atoms with Crippen molar-refractivity contribution in [3.8, 4) is 23.0 Å². The number of benzene rings is 2. The number of phenols is 2. The van der Waals surface area contributed by atoms with Crippen molar-refractivity contribution in [2.24, 2.45) is 0 Å². The number of phenolic OH excluding ortho intramolecular Hbond substituents is 2. The van der Waals surface area contributed by atoms with E-state index in [1.165, 1.54) is 26.4 Å². The van der Waals surface area contributed by atoms with Crippen LogP contribution >= 0.6 is 0 Å². The Labute approximate surface area is 145 Å². The molecule has 0 spiro atoms. The van der Waals surface area contributed by atoms with Crippen molar-refractivity contribution in [2.45, 2.75) is 13.1 Å². The third kappa shape index (κ3) is 5.02. The van der Waals surface area contributed by atoms with E-state index in [0.29, 0.717) is 22.6 Å². The van der Waals surface area contributed by atoms with Crippen LogP contribution in [0.2, 0.25) is 0 Å². The average molecular weight is 347 g/mol. The molecule has 0 amide bonds. The molecule has 25 heavy (non-hydrogen) atoms. The molecule has 0 bridgehead atoms. The van der Waals surface area contributed by atoms with Crippen LogP contribution in [0.4, 0.5) is 0 Å². The van der Waals surface area contributed by atoms with Crippen molar-refractivity contribution in [1.29, 1.82) is 0 Å². The van der Waals surface area contributed by atoms with Crippen LogP contribution in [0.3, 0.4) is 0 Å². The van der Waals surface area contributed by atoms with Gasteiger partial charge in [-0.15, -0.1) is 0 Å². The standard InChI is InChI=1S/C18H21NO6/c1-24-14-5-3-12(16(20)7-14)9-19(11-18(22)23)10-13-4-6-15(25-2)8-17(13)21/h3-8,20-21H,9-11H2,1-2H3,(H,22,23). The smallest absolute Gasteiger partial charge is 0.317 e. The van der Waals surface area contributed by atoms with Gasteiger partial charge in [-0.25, -0.2) is 0 Å². The fourth-order valence-corrected chi connectivity index (χ4v) is 2.45. The van der Waals surface area contributed by atoms with Crippen LogP contribution in [0.15, 0.2) is 36.4 Å². The van der Waals surface area contributed by atoms with E-state index in [9.17, 15) is 15.0 Å². The number of carboxylic acids is 1. The second-order valence-corrected chi connectivity index (χ2v) is 5.53. The quantitative estimate of drug-likeness (QED) is 0.673. The van der Waals surface area contributed by atoms with E-state index in [0.717, 1.165) is 0 Å². The minimum absolute atomic E-state index is 0.0219. The first kappa shape index (κ1) is 18.4. The highest BCUT2D eigenvalue weighted by molar-refractivity contribution is 5.69. The summed E-state index contributed by atoms with van der Waals surface area (Å²) >= 11 is 0. The highest BCUT2D eigenvalue weighted by Crippen LogP contribution is 2.27. The second-order valence-electron chi connectivity index (χ2n) is 5.53. The van der Waals surface area contributed by atoms with Gasteiger partial charge in [-0.3, -0.25) is 9.69 Å². The minimum atomic E-state index is -0.999. The molecule has 0 aliphatic carbocycles. The van der Waals surface area contributed by atoms with Crippen molar-refractivity contribution in [1.82, 2.24) is 4.90 Å². The number of hydrogen-bond donors (Lipinski definition) is 3. The Hall–Kier alpha value is -2.93. The van der Waals surface area contributed by atoms with Crippen LogP contribution in [0, 0.1) is 0 Å². The molecule has 0 aromatic heterocycles. The van der Waals surface area contributed by atoms with Gasteiger partial charge in [-0.05, 0) is 12.1 Å². The Kier molecular flexibility index (Phi) is 6.08. The molecule has 0 heterocycles. The minimum Gasteiger partial charge on any atom is -0.507 e.